The molecule has 1 unspecified atom stereocenters. The van der Waals surface area contributed by atoms with Crippen molar-refractivity contribution in [2.24, 2.45) is 0 Å². The molecule has 1 fully saturated rings. The zero-order chi connectivity index (χ0) is 20.6. The lowest BCUT2D eigenvalue weighted by atomic mass is 9.91. The molecule has 2 aromatic rings. The van der Waals surface area contributed by atoms with Gasteiger partial charge in [-0.05, 0) is 36.6 Å². The summed E-state index contributed by atoms with van der Waals surface area (Å²) in [6.07, 6.45) is 0. The Bertz CT molecular complexity index is 957. The molecule has 7 heteroatoms. The zero-order valence-electron chi connectivity index (χ0n) is 15.8. The average Bonchev–Trinajstić information content (AvgIpc) is 2.87. The first-order valence-electron chi connectivity index (χ1n) is 8.86. The Morgan fingerprint density at radius 1 is 1.11 bits per heavy atom. The highest BCUT2D eigenvalue weighted by Gasteiger charge is 2.50. The Morgan fingerprint density at radius 3 is 2.36 bits per heavy atom. The molecule has 28 heavy (non-hydrogen) atoms. The van der Waals surface area contributed by atoms with Crippen LogP contribution in [0.1, 0.15) is 48.2 Å². The van der Waals surface area contributed by atoms with E-state index < -0.39 is 41.4 Å². The first-order chi connectivity index (χ1) is 13.1. The van der Waals surface area contributed by atoms with E-state index >= 15 is 0 Å². The van der Waals surface area contributed by atoms with Crippen LogP contribution in [-0.4, -0.2) is 29.2 Å². The SMILES string of the molecule is CC(C)c1ccc(C(=O)CN2C(=O)NC(C)(c3cc(F)ccc3F)C2=O)cc1. The number of halogens is 2. The van der Waals surface area contributed by atoms with Crippen LogP contribution in [0.2, 0.25) is 0 Å². The number of carbonyl (C=O) groups excluding carboxylic acids is 3. The van der Waals surface area contributed by atoms with E-state index in [2.05, 4.69) is 5.32 Å². The summed E-state index contributed by atoms with van der Waals surface area (Å²) >= 11 is 0. The van der Waals surface area contributed by atoms with Gasteiger partial charge < -0.3 is 5.32 Å². The molecule has 0 aromatic heterocycles. The van der Waals surface area contributed by atoms with Crippen LogP contribution >= 0.6 is 0 Å². The van der Waals surface area contributed by atoms with E-state index in [-0.39, 0.29) is 5.56 Å². The highest BCUT2D eigenvalue weighted by atomic mass is 19.1. The maximum absolute atomic E-state index is 14.2. The van der Waals surface area contributed by atoms with Crippen LogP contribution in [0.4, 0.5) is 13.6 Å². The van der Waals surface area contributed by atoms with E-state index in [9.17, 15) is 23.2 Å². The minimum absolute atomic E-state index is 0.290. The molecule has 5 nitrogen and oxygen atoms in total. The number of Topliss-reactive ketones (excluding diaryl/α,β-unsaturated/α-hetero) is 1. The predicted molar refractivity (Wildman–Crippen MR) is 98.8 cm³/mol. The molecule has 0 radical (unpaired) electrons. The standard InChI is InChI=1S/C21H20F2N2O3/c1-12(2)13-4-6-14(7-5-13)18(26)11-25-19(27)21(3,24-20(25)28)16-10-15(22)8-9-17(16)23/h4-10,12H,11H2,1-3H3,(H,24,28). The third kappa shape index (κ3) is 3.40. The summed E-state index contributed by atoms with van der Waals surface area (Å²) in [6.45, 7) is 4.85. The number of carbonyl (C=O) groups is 3. The second-order valence-electron chi connectivity index (χ2n) is 7.27. The summed E-state index contributed by atoms with van der Waals surface area (Å²) in [5.41, 5.74) is -0.663. The molecule has 0 aliphatic carbocycles. The Labute approximate surface area is 161 Å². The summed E-state index contributed by atoms with van der Waals surface area (Å²) in [7, 11) is 0. The fourth-order valence-electron chi connectivity index (χ4n) is 3.19. The van der Waals surface area contributed by atoms with Gasteiger partial charge in [0.1, 0.15) is 17.2 Å². The number of urea groups is 1. The number of hydrogen-bond acceptors (Lipinski definition) is 3. The van der Waals surface area contributed by atoms with Crippen LogP contribution in [0.15, 0.2) is 42.5 Å². The van der Waals surface area contributed by atoms with Crippen molar-refractivity contribution in [2.45, 2.75) is 32.2 Å². The lowest BCUT2D eigenvalue weighted by Crippen LogP contribution is -2.42. The summed E-state index contributed by atoms with van der Waals surface area (Å²) in [4.78, 5) is 38.4. The highest BCUT2D eigenvalue weighted by molar-refractivity contribution is 6.11. The number of rotatable bonds is 5. The number of benzene rings is 2. The van der Waals surface area contributed by atoms with E-state index in [4.69, 9.17) is 0 Å². The molecule has 1 atom stereocenters. The molecular formula is C21H20F2N2O3. The molecule has 1 aliphatic rings. The second-order valence-corrected chi connectivity index (χ2v) is 7.27. The smallest absolute Gasteiger partial charge is 0.319 e. The highest BCUT2D eigenvalue weighted by Crippen LogP contribution is 2.31. The summed E-state index contributed by atoms with van der Waals surface area (Å²) in [6, 6.07) is 8.76. The minimum atomic E-state index is -1.79. The van der Waals surface area contributed by atoms with E-state index in [1.165, 1.54) is 6.92 Å². The maximum Gasteiger partial charge on any atom is 0.325 e. The number of nitrogens with zero attached hydrogens (tertiary/aromatic N) is 1. The maximum atomic E-state index is 14.2. The number of amides is 3. The topological polar surface area (TPSA) is 66.5 Å². The van der Waals surface area contributed by atoms with Gasteiger partial charge in [-0.25, -0.2) is 13.6 Å². The number of imide groups is 1. The summed E-state index contributed by atoms with van der Waals surface area (Å²) in [5, 5.41) is 2.37. The molecule has 1 saturated heterocycles. The Balaban J connectivity index is 1.84. The molecule has 2 aromatic carbocycles. The van der Waals surface area contributed by atoms with Gasteiger partial charge in [0.05, 0.1) is 6.54 Å². The molecule has 3 rings (SSSR count). The molecule has 3 amide bonds. The first kappa shape index (κ1) is 19.7. The van der Waals surface area contributed by atoms with Gasteiger partial charge in [-0.2, -0.15) is 0 Å². The van der Waals surface area contributed by atoms with Crippen molar-refractivity contribution in [1.29, 1.82) is 0 Å². The summed E-state index contributed by atoms with van der Waals surface area (Å²) in [5.74, 6) is -2.50. The minimum Gasteiger partial charge on any atom is -0.319 e. The molecule has 146 valence electrons. The quantitative estimate of drug-likeness (QED) is 0.629. The van der Waals surface area contributed by atoms with Crippen molar-refractivity contribution in [3.8, 4) is 0 Å². The largest absolute Gasteiger partial charge is 0.325 e. The number of ketones is 1. The van der Waals surface area contributed by atoms with Crippen molar-refractivity contribution in [1.82, 2.24) is 10.2 Å². The van der Waals surface area contributed by atoms with Crippen molar-refractivity contribution >= 4 is 17.7 Å². The molecule has 0 bridgehead atoms. The fourth-order valence-corrected chi connectivity index (χ4v) is 3.19. The van der Waals surface area contributed by atoms with Crippen molar-refractivity contribution in [2.75, 3.05) is 6.54 Å². The van der Waals surface area contributed by atoms with Gasteiger partial charge in [0, 0.05) is 11.1 Å². The fraction of sp³-hybridized carbons (Fsp3) is 0.286. The molecule has 1 heterocycles. The van der Waals surface area contributed by atoms with Gasteiger partial charge in [0.15, 0.2) is 5.78 Å². The van der Waals surface area contributed by atoms with Crippen LogP contribution < -0.4 is 5.32 Å². The van der Waals surface area contributed by atoms with Gasteiger partial charge in [0.2, 0.25) is 0 Å². The van der Waals surface area contributed by atoms with Gasteiger partial charge in [-0.1, -0.05) is 38.1 Å². The van der Waals surface area contributed by atoms with Crippen molar-refractivity contribution in [3.05, 3.63) is 70.8 Å². The normalized spacial score (nSPS) is 19.3. The second kappa shape index (κ2) is 7.14. The van der Waals surface area contributed by atoms with Crippen LogP contribution in [0.3, 0.4) is 0 Å². The molecular weight excluding hydrogens is 366 g/mol. The number of nitrogens with one attached hydrogen (secondary N) is 1. The third-order valence-electron chi connectivity index (χ3n) is 4.94. The lowest BCUT2D eigenvalue weighted by molar-refractivity contribution is -0.130. The van der Waals surface area contributed by atoms with E-state index in [0.717, 1.165) is 28.7 Å². The first-order valence-corrected chi connectivity index (χ1v) is 8.86. The molecule has 1 aliphatic heterocycles. The monoisotopic (exact) mass is 386 g/mol. The van der Waals surface area contributed by atoms with Gasteiger partial charge >= 0.3 is 6.03 Å². The molecule has 1 N–H and O–H groups in total. The molecule has 0 spiro atoms. The van der Waals surface area contributed by atoms with Gasteiger partial charge in [0.25, 0.3) is 5.91 Å². The molecule has 0 saturated carbocycles. The van der Waals surface area contributed by atoms with Crippen molar-refractivity contribution < 1.29 is 23.2 Å². The predicted octanol–water partition coefficient (Wildman–Crippen LogP) is 3.74. The van der Waals surface area contributed by atoms with Crippen LogP contribution in [-0.2, 0) is 10.3 Å². The average molecular weight is 386 g/mol. The number of hydrogen-bond donors (Lipinski definition) is 1. The lowest BCUT2D eigenvalue weighted by Gasteiger charge is -2.22. The van der Waals surface area contributed by atoms with Crippen LogP contribution in [0.5, 0.6) is 0 Å². The van der Waals surface area contributed by atoms with Gasteiger partial charge in [-0.3, -0.25) is 14.5 Å². The Kier molecular flexibility index (Phi) is 5.02. The third-order valence-corrected chi connectivity index (χ3v) is 4.94. The van der Waals surface area contributed by atoms with E-state index in [0.29, 0.717) is 11.5 Å². The van der Waals surface area contributed by atoms with Gasteiger partial charge in [-0.15, -0.1) is 0 Å². The van der Waals surface area contributed by atoms with Crippen molar-refractivity contribution in [3.63, 3.8) is 0 Å². The summed E-state index contributed by atoms with van der Waals surface area (Å²) < 4.78 is 27.7. The zero-order valence-corrected chi connectivity index (χ0v) is 15.8. The Hall–Kier alpha value is -3.09. The van der Waals surface area contributed by atoms with E-state index in [1.54, 1.807) is 12.1 Å². The van der Waals surface area contributed by atoms with E-state index in [1.807, 2.05) is 26.0 Å². The van der Waals surface area contributed by atoms with Crippen LogP contribution in [0, 0.1) is 11.6 Å². The Morgan fingerprint density at radius 2 is 1.75 bits per heavy atom. The van der Waals surface area contributed by atoms with Crippen LogP contribution in [0.25, 0.3) is 0 Å².